The van der Waals surface area contributed by atoms with E-state index in [1.54, 1.807) is 0 Å². The number of nitrogens with two attached hydrogens (primary N) is 1. The summed E-state index contributed by atoms with van der Waals surface area (Å²) in [5, 5.41) is 0. The van der Waals surface area contributed by atoms with Crippen molar-refractivity contribution >= 4 is 0 Å². The molecule has 0 aromatic rings. The number of nitrogens with zero attached hydrogens (tertiary/aromatic N) is 1. The van der Waals surface area contributed by atoms with E-state index in [9.17, 15) is 0 Å². The summed E-state index contributed by atoms with van der Waals surface area (Å²) in [4.78, 5) is 2.37. The summed E-state index contributed by atoms with van der Waals surface area (Å²) in [6.07, 6.45) is 6.75. The van der Waals surface area contributed by atoms with E-state index in [2.05, 4.69) is 32.7 Å². The first-order valence-electron chi connectivity index (χ1n) is 5.96. The lowest BCUT2D eigenvalue weighted by atomic mass is 10.0. The number of likely N-dealkylation sites (N-methyl/N-ethyl adjacent to an activating group) is 1. The molecule has 0 aliphatic rings. The van der Waals surface area contributed by atoms with Crippen molar-refractivity contribution in [2.75, 3.05) is 20.1 Å². The molecule has 0 radical (unpaired) electrons. The third-order valence-electron chi connectivity index (χ3n) is 3.13. The van der Waals surface area contributed by atoms with Crippen LogP contribution in [0.3, 0.4) is 0 Å². The quantitative estimate of drug-likeness (QED) is 0.610. The van der Waals surface area contributed by atoms with Gasteiger partial charge in [0, 0.05) is 12.1 Å². The first-order valence-corrected chi connectivity index (χ1v) is 5.96. The minimum atomic E-state index is 0.157. The zero-order valence-corrected chi connectivity index (χ0v) is 10.5. The van der Waals surface area contributed by atoms with Crippen LogP contribution >= 0.6 is 0 Å². The summed E-state index contributed by atoms with van der Waals surface area (Å²) < 4.78 is 0. The molecule has 86 valence electrons. The second-order valence-corrected chi connectivity index (χ2v) is 4.85. The fourth-order valence-electron chi connectivity index (χ4n) is 1.41. The summed E-state index contributed by atoms with van der Waals surface area (Å²) in [6.45, 7) is 8.58. The van der Waals surface area contributed by atoms with Gasteiger partial charge in [-0.05, 0) is 33.9 Å². The van der Waals surface area contributed by atoms with Gasteiger partial charge in [0.1, 0.15) is 0 Å². The Morgan fingerprint density at radius 2 is 1.64 bits per heavy atom. The van der Waals surface area contributed by atoms with E-state index in [-0.39, 0.29) is 5.54 Å². The molecule has 0 saturated heterocycles. The summed E-state index contributed by atoms with van der Waals surface area (Å²) >= 11 is 0. The third-order valence-corrected chi connectivity index (χ3v) is 3.13. The van der Waals surface area contributed by atoms with Gasteiger partial charge in [-0.25, -0.2) is 0 Å². The SMILES string of the molecule is CCCCCCCN(C)C(C)(C)CN. The second-order valence-electron chi connectivity index (χ2n) is 4.85. The number of hydrogen-bond acceptors (Lipinski definition) is 2. The van der Waals surface area contributed by atoms with E-state index in [0.29, 0.717) is 0 Å². The van der Waals surface area contributed by atoms with Crippen LogP contribution in [0, 0.1) is 0 Å². The number of rotatable bonds is 8. The van der Waals surface area contributed by atoms with E-state index >= 15 is 0 Å². The predicted molar refractivity (Wildman–Crippen MR) is 64.5 cm³/mol. The second kappa shape index (κ2) is 7.24. The molecule has 0 unspecified atom stereocenters. The summed E-state index contributed by atoms with van der Waals surface area (Å²) in [5.41, 5.74) is 5.87. The molecule has 0 bridgehead atoms. The molecule has 0 aromatic carbocycles. The minimum Gasteiger partial charge on any atom is -0.329 e. The van der Waals surface area contributed by atoms with Crippen molar-refractivity contribution in [1.82, 2.24) is 4.90 Å². The zero-order valence-electron chi connectivity index (χ0n) is 10.5. The Bertz CT molecular complexity index is 132. The molecule has 0 rings (SSSR count). The zero-order chi connectivity index (χ0) is 11.0. The molecular formula is C12H28N2. The molecule has 2 heteroatoms. The molecule has 2 nitrogen and oxygen atoms in total. The van der Waals surface area contributed by atoms with Gasteiger partial charge in [-0.2, -0.15) is 0 Å². The fourth-order valence-corrected chi connectivity index (χ4v) is 1.41. The third kappa shape index (κ3) is 5.61. The molecule has 0 aromatic heterocycles. The number of hydrogen-bond donors (Lipinski definition) is 1. The van der Waals surface area contributed by atoms with Crippen LogP contribution in [0.1, 0.15) is 52.9 Å². The Hall–Kier alpha value is -0.0800. The average Bonchev–Trinajstić information content (AvgIpc) is 2.17. The molecule has 0 spiro atoms. The standard InChI is InChI=1S/C12H28N2/c1-5-6-7-8-9-10-14(4)12(2,3)11-13/h5-11,13H2,1-4H3. The molecule has 2 N–H and O–H groups in total. The van der Waals surface area contributed by atoms with Gasteiger partial charge in [0.05, 0.1) is 0 Å². The largest absolute Gasteiger partial charge is 0.329 e. The van der Waals surface area contributed by atoms with Crippen LogP contribution in [-0.4, -0.2) is 30.6 Å². The highest BCUT2D eigenvalue weighted by Gasteiger charge is 2.20. The molecule has 0 aliphatic heterocycles. The van der Waals surface area contributed by atoms with E-state index in [1.165, 1.54) is 38.6 Å². The van der Waals surface area contributed by atoms with E-state index in [4.69, 9.17) is 5.73 Å². The first kappa shape index (κ1) is 13.9. The lowest BCUT2D eigenvalue weighted by Gasteiger charge is -2.34. The van der Waals surface area contributed by atoms with Crippen molar-refractivity contribution in [3.8, 4) is 0 Å². The molecule has 0 heterocycles. The lowest BCUT2D eigenvalue weighted by Crippen LogP contribution is -2.47. The maximum atomic E-state index is 5.72. The molecule has 0 amide bonds. The molecule has 0 saturated carbocycles. The predicted octanol–water partition coefficient (Wildman–Crippen LogP) is 2.63. The van der Waals surface area contributed by atoms with Gasteiger partial charge in [-0.1, -0.05) is 32.6 Å². The van der Waals surface area contributed by atoms with Crippen molar-refractivity contribution in [2.24, 2.45) is 5.73 Å². The van der Waals surface area contributed by atoms with Gasteiger partial charge in [-0.3, -0.25) is 4.90 Å². The first-order chi connectivity index (χ1) is 6.54. The topological polar surface area (TPSA) is 29.3 Å². The highest BCUT2D eigenvalue weighted by Crippen LogP contribution is 2.12. The Morgan fingerprint density at radius 1 is 1.07 bits per heavy atom. The van der Waals surface area contributed by atoms with Crippen molar-refractivity contribution in [3.05, 3.63) is 0 Å². The van der Waals surface area contributed by atoms with Crippen LogP contribution in [0.2, 0.25) is 0 Å². The Labute approximate surface area is 89.9 Å². The monoisotopic (exact) mass is 200 g/mol. The molecule has 14 heavy (non-hydrogen) atoms. The summed E-state index contributed by atoms with van der Waals surface area (Å²) in [5.74, 6) is 0. The van der Waals surface area contributed by atoms with Crippen LogP contribution in [0.5, 0.6) is 0 Å². The molecule has 0 aliphatic carbocycles. The lowest BCUT2D eigenvalue weighted by molar-refractivity contribution is 0.161. The van der Waals surface area contributed by atoms with Crippen LogP contribution in [0.25, 0.3) is 0 Å². The maximum absolute atomic E-state index is 5.72. The van der Waals surface area contributed by atoms with E-state index in [1.807, 2.05) is 0 Å². The van der Waals surface area contributed by atoms with Crippen LogP contribution in [0.4, 0.5) is 0 Å². The Kier molecular flexibility index (Phi) is 7.20. The minimum absolute atomic E-state index is 0.157. The average molecular weight is 200 g/mol. The normalized spacial score (nSPS) is 12.4. The summed E-state index contributed by atoms with van der Waals surface area (Å²) in [6, 6.07) is 0. The maximum Gasteiger partial charge on any atom is 0.0272 e. The highest BCUT2D eigenvalue weighted by atomic mass is 15.2. The van der Waals surface area contributed by atoms with E-state index in [0.717, 1.165) is 6.54 Å². The van der Waals surface area contributed by atoms with Gasteiger partial charge in [0.15, 0.2) is 0 Å². The molecular weight excluding hydrogens is 172 g/mol. The van der Waals surface area contributed by atoms with Crippen molar-refractivity contribution in [3.63, 3.8) is 0 Å². The van der Waals surface area contributed by atoms with Gasteiger partial charge in [0.2, 0.25) is 0 Å². The van der Waals surface area contributed by atoms with Gasteiger partial charge in [0.25, 0.3) is 0 Å². The van der Waals surface area contributed by atoms with Crippen LogP contribution in [-0.2, 0) is 0 Å². The van der Waals surface area contributed by atoms with Gasteiger partial charge < -0.3 is 5.73 Å². The van der Waals surface area contributed by atoms with Gasteiger partial charge >= 0.3 is 0 Å². The fraction of sp³-hybridized carbons (Fsp3) is 1.00. The smallest absolute Gasteiger partial charge is 0.0272 e. The van der Waals surface area contributed by atoms with Crippen molar-refractivity contribution in [1.29, 1.82) is 0 Å². The van der Waals surface area contributed by atoms with Crippen LogP contribution in [0.15, 0.2) is 0 Å². The van der Waals surface area contributed by atoms with Crippen molar-refractivity contribution in [2.45, 2.75) is 58.4 Å². The van der Waals surface area contributed by atoms with Crippen molar-refractivity contribution < 1.29 is 0 Å². The number of unbranched alkanes of at least 4 members (excludes halogenated alkanes) is 4. The van der Waals surface area contributed by atoms with Gasteiger partial charge in [-0.15, -0.1) is 0 Å². The Morgan fingerprint density at radius 3 is 2.14 bits per heavy atom. The van der Waals surface area contributed by atoms with Crippen LogP contribution < -0.4 is 5.73 Å². The summed E-state index contributed by atoms with van der Waals surface area (Å²) in [7, 11) is 2.17. The van der Waals surface area contributed by atoms with E-state index < -0.39 is 0 Å². The highest BCUT2D eigenvalue weighted by molar-refractivity contribution is 4.79. The molecule has 0 atom stereocenters. The molecule has 0 fully saturated rings. The Balaban J connectivity index is 3.48.